The van der Waals surface area contributed by atoms with E-state index >= 15 is 0 Å². The van der Waals surface area contributed by atoms with E-state index in [9.17, 15) is 4.79 Å². The fourth-order valence-corrected chi connectivity index (χ4v) is 2.17. The minimum absolute atomic E-state index is 0.182. The fraction of sp³-hybridized carbons (Fsp3) is 0.909. The zero-order valence-corrected chi connectivity index (χ0v) is 9.13. The topological polar surface area (TPSA) is 50.4 Å². The minimum atomic E-state index is 0.182. The summed E-state index contributed by atoms with van der Waals surface area (Å²) in [7, 11) is 0. The highest BCUT2D eigenvalue weighted by Crippen LogP contribution is 2.12. The molecule has 86 valence electrons. The molecule has 0 saturated carbocycles. The van der Waals surface area contributed by atoms with E-state index in [2.05, 4.69) is 10.6 Å². The Bertz CT molecular complexity index is 205. The summed E-state index contributed by atoms with van der Waals surface area (Å²) >= 11 is 0. The summed E-state index contributed by atoms with van der Waals surface area (Å²) in [4.78, 5) is 11.0. The molecule has 15 heavy (non-hydrogen) atoms. The third kappa shape index (κ3) is 3.47. The van der Waals surface area contributed by atoms with Gasteiger partial charge in [-0.2, -0.15) is 0 Å². The third-order valence-corrected chi connectivity index (χ3v) is 3.17. The number of nitrogens with one attached hydrogen (secondary N) is 2. The van der Waals surface area contributed by atoms with E-state index in [1.54, 1.807) is 0 Å². The summed E-state index contributed by atoms with van der Waals surface area (Å²) in [5.74, 6) is 0.182. The number of rotatable bonds is 3. The molecule has 0 aromatic heterocycles. The van der Waals surface area contributed by atoms with Crippen LogP contribution in [0.5, 0.6) is 0 Å². The largest absolute Gasteiger partial charge is 0.377 e. The molecular formula is C11H20N2O2. The molecule has 2 atom stereocenters. The Morgan fingerprint density at radius 1 is 1.40 bits per heavy atom. The summed E-state index contributed by atoms with van der Waals surface area (Å²) in [6, 6.07) is 0.438. The molecule has 2 unspecified atom stereocenters. The Morgan fingerprint density at radius 2 is 2.33 bits per heavy atom. The van der Waals surface area contributed by atoms with E-state index in [0.29, 0.717) is 18.6 Å². The van der Waals surface area contributed by atoms with E-state index in [-0.39, 0.29) is 5.91 Å². The van der Waals surface area contributed by atoms with Crippen molar-refractivity contribution in [3.05, 3.63) is 0 Å². The summed E-state index contributed by atoms with van der Waals surface area (Å²) in [5, 5.41) is 6.35. The summed E-state index contributed by atoms with van der Waals surface area (Å²) in [6.07, 6.45) is 5.66. The highest BCUT2D eigenvalue weighted by molar-refractivity contribution is 5.76. The SMILES string of the molecule is O=C1CCC(NCC2CCCCO2)CN1. The van der Waals surface area contributed by atoms with Gasteiger partial charge < -0.3 is 15.4 Å². The molecule has 0 bridgehead atoms. The molecular weight excluding hydrogens is 192 g/mol. The zero-order valence-electron chi connectivity index (χ0n) is 9.13. The van der Waals surface area contributed by atoms with Gasteiger partial charge >= 0.3 is 0 Å². The van der Waals surface area contributed by atoms with Crippen molar-refractivity contribution in [2.45, 2.75) is 44.2 Å². The van der Waals surface area contributed by atoms with Gasteiger partial charge in [0.05, 0.1) is 6.10 Å². The minimum Gasteiger partial charge on any atom is -0.377 e. The summed E-state index contributed by atoms with van der Waals surface area (Å²) in [5.41, 5.74) is 0. The number of hydrogen-bond acceptors (Lipinski definition) is 3. The van der Waals surface area contributed by atoms with E-state index in [1.165, 1.54) is 19.3 Å². The Balaban J connectivity index is 1.62. The number of amides is 1. The molecule has 2 saturated heterocycles. The quantitative estimate of drug-likeness (QED) is 0.713. The summed E-state index contributed by atoms with van der Waals surface area (Å²) in [6.45, 7) is 2.61. The lowest BCUT2D eigenvalue weighted by atomic mass is 10.1. The zero-order chi connectivity index (χ0) is 10.5. The van der Waals surface area contributed by atoms with E-state index in [1.807, 2.05) is 0 Å². The van der Waals surface area contributed by atoms with Crippen molar-refractivity contribution in [3.63, 3.8) is 0 Å². The van der Waals surface area contributed by atoms with Crippen LogP contribution in [0.25, 0.3) is 0 Å². The molecule has 0 spiro atoms. The maximum atomic E-state index is 11.0. The van der Waals surface area contributed by atoms with Crippen LogP contribution in [-0.4, -0.2) is 37.7 Å². The second-order valence-corrected chi connectivity index (χ2v) is 4.44. The first-order valence-electron chi connectivity index (χ1n) is 5.96. The molecule has 0 aromatic rings. The Hall–Kier alpha value is -0.610. The van der Waals surface area contributed by atoms with Gasteiger partial charge in [0.15, 0.2) is 0 Å². The first-order chi connectivity index (χ1) is 7.34. The second-order valence-electron chi connectivity index (χ2n) is 4.44. The number of hydrogen-bond donors (Lipinski definition) is 2. The molecule has 2 rings (SSSR count). The Kier molecular flexibility index (Phi) is 3.97. The van der Waals surface area contributed by atoms with Crippen molar-refractivity contribution in [2.24, 2.45) is 0 Å². The van der Waals surface area contributed by atoms with E-state index in [4.69, 9.17) is 4.74 Å². The summed E-state index contributed by atoms with van der Waals surface area (Å²) < 4.78 is 5.64. The van der Waals surface area contributed by atoms with Crippen molar-refractivity contribution in [1.82, 2.24) is 10.6 Å². The van der Waals surface area contributed by atoms with Crippen LogP contribution in [0.15, 0.2) is 0 Å². The van der Waals surface area contributed by atoms with Gasteiger partial charge in [0.2, 0.25) is 5.91 Å². The maximum absolute atomic E-state index is 11.0. The number of piperidine rings is 1. The van der Waals surface area contributed by atoms with Crippen LogP contribution in [-0.2, 0) is 9.53 Å². The van der Waals surface area contributed by atoms with Gasteiger partial charge in [-0.1, -0.05) is 0 Å². The molecule has 1 amide bonds. The molecule has 2 aliphatic rings. The van der Waals surface area contributed by atoms with Crippen molar-refractivity contribution in [2.75, 3.05) is 19.7 Å². The van der Waals surface area contributed by atoms with Gasteiger partial charge in [-0.15, -0.1) is 0 Å². The van der Waals surface area contributed by atoms with Crippen molar-refractivity contribution in [1.29, 1.82) is 0 Å². The molecule has 4 nitrogen and oxygen atoms in total. The molecule has 2 N–H and O–H groups in total. The molecule has 4 heteroatoms. The van der Waals surface area contributed by atoms with Gasteiger partial charge in [-0.3, -0.25) is 4.79 Å². The van der Waals surface area contributed by atoms with Crippen LogP contribution in [0.3, 0.4) is 0 Å². The highest BCUT2D eigenvalue weighted by Gasteiger charge is 2.19. The monoisotopic (exact) mass is 212 g/mol. The average Bonchev–Trinajstić information content (AvgIpc) is 2.30. The van der Waals surface area contributed by atoms with E-state index in [0.717, 1.165) is 26.1 Å². The molecule has 0 radical (unpaired) electrons. The lowest BCUT2D eigenvalue weighted by molar-refractivity contribution is -0.122. The highest BCUT2D eigenvalue weighted by atomic mass is 16.5. The van der Waals surface area contributed by atoms with Crippen LogP contribution in [0.1, 0.15) is 32.1 Å². The smallest absolute Gasteiger partial charge is 0.220 e. The predicted molar refractivity (Wildman–Crippen MR) is 57.6 cm³/mol. The van der Waals surface area contributed by atoms with Crippen LogP contribution in [0.4, 0.5) is 0 Å². The molecule has 2 aliphatic heterocycles. The van der Waals surface area contributed by atoms with Crippen molar-refractivity contribution < 1.29 is 9.53 Å². The third-order valence-electron chi connectivity index (χ3n) is 3.17. The standard InChI is InChI=1S/C11H20N2O2/c14-11-5-4-9(7-13-11)12-8-10-3-1-2-6-15-10/h9-10,12H,1-8H2,(H,13,14). The first kappa shape index (κ1) is 10.9. The van der Waals surface area contributed by atoms with E-state index < -0.39 is 0 Å². The van der Waals surface area contributed by atoms with Crippen LogP contribution >= 0.6 is 0 Å². The molecule has 2 heterocycles. The van der Waals surface area contributed by atoms with Crippen LogP contribution < -0.4 is 10.6 Å². The number of carbonyl (C=O) groups excluding carboxylic acids is 1. The molecule has 0 aromatic carbocycles. The fourth-order valence-electron chi connectivity index (χ4n) is 2.17. The average molecular weight is 212 g/mol. The van der Waals surface area contributed by atoms with Gasteiger partial charge in [0.25, 0.3) is 0 Å². The Morgan fingerprint density at radius 3 is 3.00 bits per heavy atom. The molecule has 2 fully saturated rings. The number of ether oxygens (including phenoxy) is 1. The van der Waals surface area contributed by atoms with Crippen molar-refractivity contribution in [3.8, 4) is 0 Å². The lowest BCUT2D eigenvalue weighted by Gasteiger charge is -2.28. The van der Waals surface area contributed by atoms with Gasteiger partial charge in [-0.05, 0) is 25.7 Å². The maximum Gasteiger partial charge on any atom is 0.220 e. The molecule has 0 aliphatic carbocycles. The Labute approximate surface area is 90.8 Å². The lowest BCUT2D eigenvalue weighted by Crippen LogP contribution is -2.48. The second kappa shape index (κ2) is 5.47. The van der Waals surface area contributed by atoms with Crippen LogP contribution in [0.2, 0.25) is 0 Å². The van der Waals surface area contributed by atoms with Gasteiger partial charge in [0, 0.05) is 32.2 Å². The van der Waals surface area contributed by atoms with Crippen molar-refractivity contribution >= 4 is 5.91 Å². The van der Waals surface area contributed by atoms with Gasteiger partial charge in [-0.25, -0.2) is 0 Å². The first-order valence-corrected chi connectivity index (χ1v) is 5.96. The normalized spacial score (nSPS) is 32.4. The predicted octanol–water partition coefficient (Wildman–Crippen LogP) is 0.424. The van der Waals surface area contributed by atoms with Gasteiger partial charge in [0.1, 0.15) is 0 Å². The van der Waals surface area contributed by atoms with Crippen LogP contribution in [0, 0.1) is 0 Å². The number of carbonyl (C=O) groups is 1.